The summed E-state index contributed by atoms with van der Waals surface area (Å²) in [6.45, 7) is 8.15. The summed E-state index contributed by atoms with van der Waals surface area (Å²) in [7, 11) is 0. The van der Waals surface area contributed by atoms with Gasteiger partial charge >= 0.3 is 6.18 Å². The van der Waals surface area contributed by atoms with Crippen LogP contribution in [0.25, 0.3) is 0 Å². The van der Waals surface area contributed by atoms with Crippen molar-refractivity contribution in [2.45, 2.75) is 71.2 Å². The van der Waals surface area contributed by atoms with Gasteiger partial charge < -0.3 is 9.31 Å². The zero-order valence-corrected chi connectivity index (χ0v) is 14.5. The van der Waals surface area contributed by atoms with Crippen LogP contribution in [0.1, 0.15) is 53.0 Å². The van der Waals surface area contributed by atoms with E-state index in [0.717, 1.165) is 25.0 Å². The third-order valence-electron chi connectivity index (χ3n) is 5.10. The van der Waals surface area contributed by atoms with Gasteiger partial charge in [0.1, 0.15) is 0 Å². The van der Waals surface area contributed by atoms with Crippen molar-refractivity contribution >= 4 is 12.0 Å². The fourth-order valence-corrected chi connectivity index (χ4v) is 3.12. The van der Waals surface area contributed by atoms with Crippen molar-refractivity contribution in [3.05, 3.63) is 29.8 Å². The zero-order valence-electron chi connectivity index (χ0n) is 14.5. The molecule has 0 N–H and O–H groups in total. The summed E-state index contributed by atoms with van der Waals surface area (Å²) >= 11 is 0. The standard InChI is InChI=1S/C17H25BF3O2/c1-6-7-12-18(22-15(2,3)16(4,5)23-18)14-10-8-13(9-11-14)17(19,20)21/h8-11H,6-7,12H2,1-5H3/q-1. The van der Waals surface area contributed by atoms with Crippen molar-refractivity contribution in [2.75, 3.05) is 0 Å². The van der Waals surface area contributed by atoms with E-state index in [4.69, 9.17) is 9.31 Å². The van der Waals surface area contributed by atoms with E-state index in [1.807, 2.05) is 27.7 Å². The molecule has 0 aliphatic carbocycles. The molecule has 1 heterocycles. The summed E-state index contributed by atoms with van der Waals surface area (Å²) in [6.07, 6.45) is -1.79. The van der Waals surface area contributed by atoms with Crippen LogP contribution in [0.5, 0.6) is 0 Å². The number of halogens is 3. The van der Waals surface area contributed by atoms with Gasteiger partial charge in [0.25, 0.3) is 6.55 Å². The van der Waals surface area contributed by atoms with Crippen LogP contribution >= 0.6 is 0 Å². The predicted molar refractivity (Wildman–Crippen MR) is 86.9 cm³/mol. The molecule has 1 aliphatic heterocycles. The van der Waals surface area contributed by atoms with E-state index in [2.05, 4.69) is 6.92 Å². The van der Waals surface area contributed by atoms with Gasteiger partial charge in [-0.1, -0.05) is 44.0 Å². The molecule has 1 saturated heterocycles. The Kier molecular flexibility index (Phi) is 4.64. The van der Waals surface area contributed by atoms with E-state index in [-0.39, 0.29) is 0 Å². The highest BCUT2D eigenvalue weighted by Crippen LogP contribution is 2.43. The largest absolute Gasteiger partial charge is 0.558 e. The molecule has 0 atom stereocenters. The van der Waals surface area contributed by atoms with Crippen molar-refractivity contribution in [1.82, 2.24) is 0 Å². The van der Waals surface area contributed by atoms with Gasteiger partial charge in [0.15, 0.2) is 0 Å². The summed E-state index contributed by atoms with van der Waals surface area (Å²) < 4.78 is 51.0. The molecule has 0 saturated carbocycles. The second kappa shape index (κ2) is 5.81. The topological polar surface area (TPSA) is 18.5 Å². The molecule has 2 rings (SSSR count). The quantitative estimate of drug-likeness (QED) is 0.742. The molecular weight excluding hydrogens is 304 g/mol. The van der Waals surface area contributed by atoms with Crippen LogP contribution in [-0.2, 0) is 15.5 Å². The molecule has 1 aliphatic rings. The van der Waals surface area contributed by atoms with Gasteiger partial charge in [-0.05, 0) is 27.7 Å². The van der Waals surface area contributed by atoms with Crippen LogP contribution in [0.4, 0.5) is 13.2 Å². The molecule has 0 radical (unpaired) electrons. The van der Waals surface area contributed by atoms with Crippen molar-refractivity contribution < 1.29 is 22.5 Å². The lowest BCUT2D eigenvalue weighted by Gasteiger charge is -2.38. The Hall–Kier alpha value is -1.01. The lowest BCUT2D eigenvalue weighted by Crippen LogP contribution is -2.51. The number of unbranched alkanes of at least 4 members (excludes halogenated alkanes) is 1. The Labute approximate surface area is 136 Å². The van der Waals surface area contributed by atoms with Crippen molar-refractivity contribution in [3.8, 4) is 0 Å². The molecule has 23 heavy (non-hydrogen) atoms. The van der Waals surface area contributed by atoms with Crippen molar-refractivity contribution in [3.63, 3.8) is 0 Å². The van der Waals surface area contributed by atoms with Gasteiger partial charge in [-0.3, -0.25) is 0 Å². The maximum Gasteiger partial charge on any atom is 0.416 e. The molecular formula is C17H25BF3O2-. The normalized spacial score (nSPS) is 22.3. The molecule has 1 fully saturated rings. The molecule has 1 aromatic rings. The number of hydrogen-bond acceptors (Lipinski definition) is 2. The lowest BCUT2D eigenvalue weighted by atomic mass is 9.48. The Bertz CT molecular complexity index is 534. The predicted octanol–water partition coefficient (Wildman–Crippen LogP) is 4.76. The third-order valence-corrected chi connectivity index (χ3v) is 5.10. The number of rotatable bonds is 4. The molecule has 0 aromatic heterocycles. The smallest absolute Gasteiger partial charge is 0.416 e. The van der Waals surface area contributed by atoms with Crippen LogP contribution in [0, 0.1) is 0 Å². The van der Waals surface area contributed by atoms with Crippen molar-refractivity contribution in [1.29, 1.82) is 0 Å². The highest BCUT2D eigenvalue weighted by molar-refractivity contribution is 6.81. The lowest BCUT2D eigenvalue weighted by molar-refractivity contribution is -0.137. The van der Waals surface area contributed by atoms with E-state index in [1.54, 1.807) is 0 Å². The van der Waals surface area contributed by atoms with Gasteiger partial charge in [0.2, 0.25) is 0 Å². The molecule has 130 valence electrons. The summed E-state index contributed by atoms with van der Waals surface area (Å²) in [4.78, 5) is 0. The molecule has 6 heteroatoms. The molecule has 1 aromatic carbocycles. The Morgan fingerprint density at radius 3 is 1.83 bits per heavy atom. The van der Waals surface area contributed by atoms with Gasteiger partial charge in [-0.15, -0.1) is 6.32 Å². The van der Waals surface area contributed by atoms with Crippen molar-refractivity contribution in [2.24, 2.45) is 0 Å². The summed E-state index contributed by atoms with van der Waals surface area (Å²) in [5, 5.41) is 0. The van der Waals surface area contributed by atoms with Crippen LogP contribution in [-0.4, -0.2) is 17.8 Å². The van der Waals surface area contributed by atoms with Gasteiger partial charge in [-0.25, -0.2) is 0 Å². The molecule has 0 bridgehead atoms. The first-order valence-electron chi connectivity index (χ1n) is 8.17. The maximum absolute atomic E-state index is 12.8. The average Bonchev–Trinajstić information content (AvgIpc) is 2.62. The van der Waals surface area contributed by atoms with E-state index < -0.39 is 29.5 Å². The third kappa shape index (κ3) is 3.43. The second-order valence-electron chi connectivity index (χ2n) is 7.39. The first kappa shape index (κ1) is 18.3. The van der Waals surface area contributed by atoms with Crippen LogP contribution in [0.3, 0.4) is 0 Å². The van der Waals surface area contributed by atoms with Crippen LogP contribution in [0.15, 0.2) is 24.3 Å². The monoisotopic (exact) mass is 329 g/mol. The van der Waals surface area contributed by atoms with Crippen LogP contribution < -0.4 is 5.46 Å². The average molecular weight is 329 g/mol. The minimum atomic E-state index is -4.34. The van der Waals surface area contributed by atoms with E-state index in [1.165, 1.54) is 12.1 Å². The van der Waals surface area contributed by atoms with Crippen LogP contribution in [0.2, 0.25) is 6.32 Å². The second-order valence-corrected chi connectivity index (χ2v) is 7.39. The fraction of sp³-hybridized carbons (Fsp3) is 0.647. The summed E-state index contributed by atoms with van der Waals surface area (Å²) in [6, 6.07) is 5.21. The molecule has 0 spiro atoms. The van der Waals surface area contributed by atoms with E-state index >= 15 is 0 Å². The summed E-state index contributed by atoms with van der Waals surface area (Å²) in [5.41, 5.74) is -0.975. The first-order valence-corrected chi connectivity index (χ1v) is 8.17. The minimum absolute atomic E-state index is 0.510. The maximum atomic E-state index is 12.8. The Morgan fingerprint density at radius 1 is 0.957 bits per heavy atom. The van der Waals surface area contributed by atoms with Gasteiger partial charge in [-0.2, -0.15) is 18.6 Å². The molecule has 0 amide bonds. The summed E-state index contributed by atoms with van der Waals surface area (Å²) in [5.74, 6) is 0. The minimum Gasteiger partial charge on any atom is -0.558 e. The van der Waals surface area contributed by atoms with Gasteiger partial charge in [0.05, 0.1) is 5.56 Å². The number of alkyl halides is 3. The van der Waals surface area contributed by atoms with Gasteiger partial charge in [0, 0.05) is 11.2 Å². The van der Waals surface area contributed by atoms with E-state index in [0.29, 0.717) is 11.8 Å². The SMILES string of the molecule is CCCC[B-]1(c2ccc(C(F)(F)F)cc2)OC(C)(C)C(C)(C)O1. The molecule has 2 nitrogen and oxygen atoms in total. The highest BCUT2D eigenvalue weighted by atomic mass is 19.4. The first-order chi connectivity index (χ1) is 10.4. The number of benzene rings is 1. The molecule has 0 unspecified atom stereocenters. The Balaban J connectivity index is 2.41. The highest BCUT2D eigenvalue weighted by Gasteiger charge is 2.51. The zero-order chi connectivity index (χ0) is 17.5. The number of hydrogen-bond donors (Lipinski definition) is 0. The fourth-order valence-electron chi connectivity index (χ4n) is 3.12. The van der Waals surface area contributed by atoms with E-state index in [9.17, 15) is 13.2 Å². The Morgan fingerprint density at radius 2 is 1.43 bits per heavy atom.